The molecular formula is C14H10F16O2. The summed E-state index contributed by atoms with van der Waals surface area (Å²) < 4.78 is 215. The summed E-state index contributed by atoms with van der Waals surface area (Å²) in [6.45, 7) is -0.734. The van der Waals surface area contributed by atoms with Crippen LogP contribution in [-0.2, 0) is 9.53 Å². The van der Waals surface area contributed by atoms with Gasteiger partial charge in [-0.25, -0.2) is 9.18 Å². The summed E-state index contributed by atoms with van der Waals surface area (Å²) in [6, 6.07) is 0. The molecule has 0 aromatic rings. The Bertz CT molecular complexity index is 706. The molecule has 2 nitrogen and oxygen atoms in total. The Labute approximate surface area is 167 Å². The van der Waals surface area contributed by atoms with Crippen LogP contribution in [0, 0.1) is 0 Å². The van der Waals surface area contributed by atoms with E-state index in [1.807, 2.05) is 0 Å². The third-order valence-electron chi connectivity index (χ3n) is 3.99. The van der Waals surface area contributed by atoms with Gasteiger partial charge >= 0.3 is 47.7 Å². The van der Waals surface area contributed by atoms with E-state index < -0.39 is 73.3 Å². The van der Waals surface area contributed by atoms with E-state index in [9.17, 15) is 75.0 Å². The molecule has 0 rings (SSSR count). The third-order valence-corrected chi connectivity index (χ3v) is 3.99. The Morgan fingerprint density at radius 1 is 0.688 bits per heavy atom. The molecule has 0 bridgehead atoms. The number of carbonyl (C=O) groups is 1. The van der Waals surface area contributed by atoms with Crippen LogP contribution in [0.15, 0.2) is 12.7 Å². The van der Waals surface area contributed by atoms with Crippen LogP contribution < -0.4 is 0 Å². The number of esters is 1. The number of halogens is 16. The molecule has 0 saturated heterocycles. The molecule has 0 spiro atoms. The average Bonchev–Trinajstić information content (AvgIpc) is 2.59. The number of rotatable bonds is 10. The molecule has 0 aliphatic heterocycles. The Hall–Kier alpha value is -1.91. The van der Waals surface area contributed by atoms with Crippen LogP contribution in [0.4, 0.5) is 70.2 Å². The van der Waals surface area contributed by atoms with E-state index >= 15 is 0 Å². The van der Waals surface area contributed by atoms with E-state index in [-0.39, 0.29) is 6.08 Å². The normalized spacial score (nSPS) is 17.0. The lowest BCUT2D eigenvalue weighted by Crippen LogP contribution is -2.74. The van der Waals surface area contributed by atoms with E-state index in [1.54, 1.807) is 0 Å². The highest BCUT2D eigenvalue weighted by Gasteiger charge is 2.93. The van der Waals surface area contributed by atoms with Gasteiger partial charge < -0.3 is 4.74 Å². The van der Waals surface area contributed by atoms with Crippen molar-refractivity contribution in [1.29, 1.82) is 0 Å². The van der Waals surface area contributed by atoms with Gasteiger partial charge in [0.1, 0.15) is 0 Å². The van der Waals surface area contributed by atoms with E-state index in [2.05, 4.69) is 11.3 Å². The quantitative estimate of drug-likeness (QED) is 0.197. The van der Waals surface area contributed by atoms with E-state index in [0.717, 1.165) is 0 Å². The molecule has 190 valence electrons. The fourth-order valence-electron chi connectivity index (χ4n) is 1.79. The lowest BCUT2D eigenvalue weighted by Gasteiger charge is -2.44. The van der Waals surface area contributed by atoms with Gasteiger partial charge in [0.25, 0.3) is 5.67 Å². The van der Waals surface area contributed by atoms with Gasteiger partial charge in [-0.15, -0.1) is 0 Å². The second-order valence-corrected chi connectivity index (χ2v) is 6.20. The van der Waals surface area contributed by atoms with Gasteiger partial charge in [-0.3, -0.25) is 0 Å². The van der Waals surface area contributed by atoms with Gasteiger partial charge in [-0.05, 0) is 6.92 Å². The third kappa shape index (κ3) is 4.20. The molecule has 1 atom stereocenters. The minimum Gasteiger partial charge on any atom is -0.462 e. The first kappa shape index (κ1) is 30.1. The fraction of sp³-hybridized carbons (Fsp3) is 0.786. The van der Waals surface area contributed by atoms with Crippen molar-refractivity contribution in [2.75, 3.05) is 6.61 Å². The zero-order valence-corrected chi connectivity index (χ0v) is 15.1. The van der Waals surface area contributed by atoms with Crippen molar-refractivity contribution in [3.05, 3.63) is 12.7 Å². The van der Waals surface area contributed by atoms with Crippen LogP contribution in [0.3, 0.4) is 0 Å². The summed E-state index contributed by atoms with van der Waals surface area (Å²) in [6.07, 6.45) is -9.67. The van der Waals surface area contributed by atoms with Crippen LogP contribution in [0.1, 0.15) is 13.3 Å². The molecule has 0 aromatic heterocycles. The van der Waals surface area contributed by atoms with Crippen molar-refractivity contribution in [2.45, 2.75) is 60.7 Å². The highest BCUT2D eigenvalue weighted by molar-refractivity contribution is 5.81. The minimum atomic E-state index is -8.38. The van der Waals surface area contributed by atoms with Crippen LogP contribution in [-0.4, -0.2) is 60.0 Å². The number of hydrogen-bond donors (Lipinski definition) is 0. The van der Waals surface area contributed by atoms with E-state index in [1.165, 1.54) is 0 Å². The predicted octanol–water partition coefficient (Wildman–Crippen LogP) is 6.21. The van der Waals surface area contributed by atoms with Crippen LogP contribution in [0.25, 0.3) is 0 Å². The molecule has 18 heteroatoms. The van der Waals surface area contributed by atoms with Gasteiger partial charge in [0.05, 0.1) is 13.0 Å². The molecule has 32 heavy (non-hydrogen) atoms. The second-order valence-electron chi connectivity index (χ2n) is 6.20. The first-order chi connectivity index (χ1) is 13.7. The Balaban J connectivity index is 6.41. The molecule has 0 saturated carbocycles. The monoisotopic (exact) mass is 514 g/mol. The molecule has 0 N–H and O–H groups in total. The fourth-order valence-corrected chi connectivity index (χ4v) is 1.79. The van der Waals surface area contributed by atoms with Gasteiger partial charge in [0.15, 0.2) is 0 Å². The standard InChI is InChI=1S/C14H10F16O2/c1-3-6(31)32-5-4-8(16,17)10(20,21)12(24,25)13(26,27)11(22,23)9(18,19)7(2,15)14(28,29)30/h3H,1,4-5H2,2H3. The second kappa shape index (κ2) is 8.14. The molecule has 1 unspecified atom stereocenters. The Kier molecular flexibility index (Phi) is 7.66. The van der Waals surface area contributed by atoms with Gasteiger partial charge in [-0.1, -0.05) is 6.58 Å². The van der Waals surface area contributed by atoms with Crippen molar-refractivity contribution >= 4 is 5.97 Å². The molecule has 0 aromatic carbocycles. The molecule has 0 fully saturated rings. The van der Waals surface area contributed by atoms with Crippen LogP contribution in [0.5, 0.6) is 0 Å². The van der Waals surface area contributed by atoms with Crippen molar-refractivity contribution < 1.29 is 79.8 Å². The predicted molar refractivity (Wildman–Crippen MR) is 71.0 cm³/mol. The summed E-state index contributed by atoms with van der Waals surface area (Å²) in [5.74, 6) is -48.5. The highest BCUT2D eigenvalue weighted by Crippen LogP contribution is 2.63. The first-order valence-electron chi connectivity index (χ1n) is 7.52. The minimum absolute atomic E-state index is 0.232. The molecule has 0 heterocycles. The van der Waals surface area contributed by atoms with E-state index in [0.29, 0.717) is 0 Å². The lowest BCUT2D eigenvalue weighted by molar-refractivity contribution is -0.445. The maximum absolute atomic E-state index is 13.5. The number of hydrogen-bond acceptors (Lipinski definition) is 2. The summed E-state index contributed by atoms with van der Waals surface area (Å²) in [4.78, 5) is 10.6. The maximum atomic E-state index is 13.5. The Morgan fingerprint density at radius 2 is 1.03 bits per heavy atom. The van der Waals surface area contributed by atoms with Crippen LogP contribution >= 0.6 is 0 Å². The topological polar surface area (TPSA) is 26.3 Å². The molecule has 0 amide bonds. The largest absolute Gasteiger partial charge is 0.462 e. The average molecular weight is 514 g/mol. The smallest absolute Gasteiger partial charge is 0.428 e. The summed E-state index contributed by atoms with van der Waals surface area (Å²) in [7, 11) is 0. The van der Waals surface area contributed by atoms with Crippen LogP contribution in [0.2, 0.25) is 0 Å². The van der Waals surface area contributed by atoms with E-state index in [4.69, 9.17) is 0 Å². The summed E-state index contributed by atoms with van der Waals surface area (Å²) >= 11 is 0. The zero-order valence-electron chi connectivity index (χ0n) is 15.1. The summed E-state index contributed by atoms with van der Waals surface area (Å²) in [5, 5.41) is 0. The summed E-state index contributed by atoms with van der Waals surface area (Å²) in [5.41, 5.74) is -6.71. The van der Waals surface area contributed by atoms with Gasteiger partial charge in [-0.2, -0.15) is 65.9 Å². The number of ether oxygens (including phenoxy) is 1. The molecule has 0 radical (unpaired) electrons. The number of carbonyl (C=O) groups excluding carboxylic acids is 1. The van der Waals surface area contributed by atoms with Gasteiger partial charge in [0, 0.05) is 6.08 Å². The number of alkyl halides is 16. The van der Waals surface area contributed by atoms with Crippen molar-refractivity contribution in [3.63, 3.8) is 0 Å². The molecule has 0 aliphatic carbocycles. The highest BCUT2D eigenvalue weighted by atomic mass is 19.4. The lowest BCUT2D eigenvalue weighted by atomic mass is 9.85. The molecule has 0 aliphatic rings. The maximum Gasteiger partial charge on any atom is 0.428 e. The SMILES string of the molecule is C=CC(=O)OCCC(F)(F)C(F)(F)C(F)(F)C(F)(F)C(F)(F)C(F)(F)C(C)(F)C(F)(F)F. The van der Waals surface area contributed by atoms with Crippen molar-refractivity contribution in [1.82, 2.24) is 0 Å². The van der Waals surface area contributed by atoms with Crippen molar-refractivity contribution in [3.8, 4) is 0 Å². The molecular weight excluding hydrogens is 504 g/mol. The van der Waals surface area contributed by atoms with Crippen molar-refractivity contribution in [2.24, 2.45) is 0 Å². The first-order valence-corrected chi connectivity index (χ1v) is 7.52. The zero-order chi connectivity index (χ0) is 26.4. The Morgan fingerprint density at radius 3 is 1.38 bits per heavy atom. The van der Waals surface area contributed by atoms with Gasteiger partial charge in [0.2, 0.25) is 0 Å².